The summed E-state index contributed by atoms with van der Waals surface area (Å²) in [7, 11) is 0. The van der Waals surface area contributed by atoms with Crippen molar-refractivity contribution in [2.45, 2.75) is 50.9 Å². The highest BCUT2D eigenvalue weighted by Crippen LogP contribution is 2.37. The van der Waals surface area contributed by atoms with E-state index in [4.69, 9.17) is 9.47 Å². The van der Waals surface area contributed by atoms with Crippen LogP contribution in [0.3, 0.4) is 0 Å². The second-order valence-corrected chi connectivity index (χ2v) is 5.19. The molecule has 1 N–H and O–H groups in total. The summed E-state index contributed by atoms with van der Waals surface area (Å²) in [4.78, 5) is 0. The Labute approximate surface area is 86.2 Å². The first-order valence-corrected chi connectivity index (χ1v) is 5.58. The van der Waals surface area contributed by atoms with Crippen molar-refractivity contribution in [2.75, 3.05) is 19.7 Å². The van der Waals surface area contributed by atoms with Gasteiger partial charge in [0.05, 0.1) is 18.3 Å². The number of morpholine rings is 1. The van der Waals surface area contributed by atoms with Crippen LogP contribution in [0, 0.1) is 0 Å². The summed E-state index contributed by atoms with van der Waals surface area (Å²) in [6, 6.07) is 0. The minimum absolute atomic E-state index is 0.0166. The Kier molecular flexibility index (Phi) is 2.58. The SMILES string of the molecule is CCC1CNCC2(COC(C)(C)C2)O1. The first kappa shape index (κ1) is 10.4. The van der Waals surface area contributed by atoms with Crippen molar-refractivity contribution in [1.82, 2.24) is 5.32 Å². The third-order valence-corrected chi connectivity index (χ3v) is 3.17. The van der Waals surface area contributed by atoms with Crippen LogP contribution in [0.2, 0.25) is 0 Å². The standard InChI is InChI=1S/C11H21NO2/c1-4-9-5-12-7-11(14-9)6-10(2,3)13-8-11/h9,12H,4-8H2,1-3H3. The molecule has 2 atom stereocenters. The molecule has 3 nitrogen and oxygen atoms in total. The molecule has 0 aromatic carbocycles. The molecule has 2 fully saturated rings. The molecule has 14 heavy (non-hydrogen) atoms. The summed E-state index contributed by atoms with van der Waals surface area (Å²) >= 11 is 0. The second-order valence-electron chi connectivity index (χ2n) is 5.19. The molecule has 2 rings (SSSR count). The summed E-state index contributed by atoms with van der Waals surface area (Å²) in [6.07, 6.45) is 2.44. The Balaban J connectivity index is 2.02. The van der Waals surface area contributed by atoms with Gasteiger partial charge in [0.1, 0.15) is 5.60 Å². The van der Waals surface area contributed by atoms with Gasteiger partial charge in [-0.2, -0.15) is 0 Å². The van der Waals surface area contributed by atoms with Gasteiger partial charge in [-0.05, 0) is 20.3 Å². The number of nitrogens with one attached hydrogen (secondary N) is 1. The van der Waals surface area contributed by atoms with Gasteiger partial charge in [-0.3, -0.25) is 0 Å². The van der Waals surface area contributed by atoms with Gasteiger partial charge >= 0.3 is 0 Å². The van der Waals surface area contributed by atoms with Crippen LogP contribution in [0.4, 0.5) is 0 Å². The fraction of sp³-hybridized carbons (Fsp3) is 1.00. The third kappa shape index (κ3) is 1.95. The van der Waals surface area contributed by atoms with Crippen molar-refractivity contribution < 1.29 is 9.47 Å². The van der Waals surface area contributed by atoms with Crippen molar-refractivity contribution in [3.63, 3.8) is 0 Å². The van der Waals surface area contributed by atoms with Crippen molar-refractivity contribution in [2.24, 2.45) is 0 Å². The van der Waals surface area contributed by atoms with Gasteiger partial charge in [-0.1, -0.05) is 6.92 Å². The quantitative estimate of drug-likeness (QED) is 0.691. The normalized spacial score (nSPS) is 41.8. The summed E-state index contributed by atoms with van der Waals surface area (Å²) in [5, 5.41) is 3.45. The molecule has 2 saturated heterocycles. The zero-order valence-corrected chi connectivity index (χ0v) is 9.43. The van der Waals surface area contributed by atoms with E-state index in [0.717, 1.165) is 32.5 Å². The van der Waals surface area contributed by atoms with E-state index in [2.05, 4.69) is 26.1 Å². The molecular formula is C11H21NO2. The topological polar surface area (TPSA) is 30.5 Å². The maximum absolute atomic E-state index is 6.13. The minimum Gasteiger partial charge on any atom is -0.372 e. The molecule has 1 spiro atoms. The van der Waals surface area contributed by atoms with E-state index < -0.39 is 0 Å². The molecule has 0 bridgehead atoms. The van der Waals surface area contributed by atoms with Gasteiger partial charge in [0.2, 0.25) is 0 Å². The van der Waals surface area contributed by atoms with Crippen LogP contribution in [0.15, 0.2) is 0 Å². The minimum atomic E-state index is -0.0531. The summed E-state index contributed by atoms with van der Waals surface area (Å²) in [5.74, 6) is 0. The highest BCUT2D eigenvalue weighted by Gasteiger charge is 2.47. The molecule has 2 aliphatic heterocycles. The van der Waals surface area contributed by atoms with Gasteiger partial charge in [0, 0.05) is 19.5 Å². The van der Waals surface area contributed by atoms with Crippen molar-refractivity contribution in [3.05, 3.63) is 0 Å². The van der Waals surface area contributed by atoms with Crippen LogP contribution < -0.4 is 5.32 Å². The van der Waals surface area contributed by atoms with E-state index >= 15 is 0 Å². The molecule has 2 aliphatic rings. The lowest BCUT2D eigenvalue weighted by Gasteiger charge is -2.38. The highest BCUT2D eigenvalue weighted by atomic mass is 16.6. The summed E-state index contributed by atoms with van der Waals surface area (Å²) in [5.41, 5.74) is -0.0697. The van der Waals surface area contributed by atoms with Crippen LogP contribution >= 0.6 is 0 Å². The average Bonchev–Trinajstić information content (AvgIpc) is 2.42. The van der Waals surface area contributed by atoms with Crippen LogP contribution in [-0.4, -0.2) is 37.0 Å². The molecule has 0 aromatic heterocycles. The molecule has 2 heterocycles. The molecule has 0 aliphatic carbocycles. The predicted molar refractivity (Wildman–Crippen MR) is 55.4 cm³/mol. The number of hydrogen-bond donors (Lipinski definition) is 1. The Hall–Kier alpha value is -0.120. The number of ether oxygens (including phenoxy) is 2. The first-order chi connectivity index (χ1) is 6.55. The Morgan fingerprint density at radius 3 is 2.79 bits per heavy atom. The lowest BCUT2D eigenvalue weighted by molar-refractivity contribution is -0.116. The van der Waals surface area contributed by atoms with Crippen molar-refractivity contribution in [1.29, 1.82) is 0 Å². The Bertz CT molecular complexity index is 217. The van der Waals surface area contributed by atoms with Crippen LogP contribution in [0.1, 0.15) is 33.6 Å². The van der Waals surface area contributed by atoms with Gasteiger partial charge < -0.3 is 14.8 Å². The van der Waals surface area contributed by atoms with E-state index in [-0.39, 0.29) is 11.2 Å². The van der Waals surface area contributed by atoms with E-state index in [9.17, 15) is 0 Å². The van der Waals surface area contributed by atoms with E-state index in [1.165, 1.54) is 0 Å². The monoisotopic (exact) mass is 199 g/mol. The molecule has 0 amide bonds. The molecular weight excluding hydrogens is 178 g/mol. The fourth-order valence-electron chi connectivity index (χ4n) is 2.52. The smallest absolute Gasteiger partial charge is 0.107 e. The first-order valence-electron chi connectivity index (χ1n) is 5.58. The van der Waals surface area contributed by atoms with Crippen molar-refractivity contribution >= 4 is 0 Å². The molecule has 0 radical (unpaired) electrons. The largest absolute Gasteiger partial charge is 0.372 e. The third-order valence-electron chi connectivity index (χ3n) is 3.17. The van der Waals surface area contributed by atoms with Gasteiger partial charge in [-0.15, -0.1) is 0 Å². The van der Waals surface area contributed by atoms with Gasteiger partial charge in [-0.25, -0.2) is 0 Å². The molecule has 2 unspecified atom stereocenters. The van der Waals surface area contributed by atoms with E-state index in [0.29, 0.717) is 6.10 Å². The van der Waals surface area contributed by atoms with Gasteiger partial charge in [0.15, 0.2) is 0 Å². The second kappa shape index (κ2) is 3.47. The molecule has 0 aromatic rings. The lowest BCUT2D eigenvalue weighted by Crippen LogP contribution is -2.54. The van der Waals surface area contributed by atoms with Crippen LogP contribution in [0.5, 0.6) is 0 Å². The molecule has 0 saturated carbocycles. The number of rotatable bonds is 1. The Morgan fingerprint density at radius 2 is 2.21 bits per heavy atom. The fourth-order valence-corrected chi connectivity index (χ4v) is 2.52. The average molecular weight is 199 g/mol. The highest BCUT2D eigenvalue weighted by molar-refractivity contribution is 4.99. The van der Waals surface area contributed by atoms with Crippen molar-refractivity contribution in [3.8, 4) is 0 Å². The molecule has 82 valence electrons. The Morgan fingerprint density at radius 1 is 1.43 bits per heavy atom. The maximum Gasteiger partial charge on any atom is 0.107 e. The predicted octanol–water partition coefficient (Wildman–Crippen LogP) is 1.32. The summed E-state index contributed by atoms with van der Waals surface area (Å²) < 4.78 is 11.9. The van der Waals surface area contributed by atoms with Crippen LogP contribution in [0.25, 0.3) is 0 Å². The summed E-state index contributed by atoms with van der Waals surface area (Å²) in [6.45, 7) is 9.11. The zero-order chi connectivity index (χ0) is 10.2. The molecule has 3 heteroatoms. The maximum atomic E-state index is 6.13. The van der Waals surface area contributed by atoms with Gasteiger partial charge in [0.25, 0.3) is 0 Å². The zero-order valence-electron chi connectivity index (χ0n) is 9.43. The lowest BCUT2D eigenvalue weighted by atomic mass is 9.92. The van der Waals surface area contributed by atoms with Crippen LogP contribution in [-0.2, 0) is 9.47 Å². The van der Waals surface area contributed by atoms with E-state index in [1.54, 1.807) is 0 Å². The van der Waals surface area contributed by atoms with E-state index in [1.807, 2.05) is 0 Å². The number of hydrogen-bond acceptors (Lipinski definition) is 3.